The average Bonchev–Trinajstić information content (AvgIpc) is 2.37. The van der Waals surface area contributed by atoms with Gasteiger partial charge in [-0.1, -0.05) is 38.1 Å². The third-order valence-corrected chi connectivity index (χ3v) is 3.19. The molecule has 0 spiro atoms. The third kappa shape index (κ3) is 2.30. The zero-order valence-electron chi connectivity index (χ0n) is 10.2. The van der Waals surface area contributed by atoms with E-state index in [4.69, 9.17) is 5.73 Å². The Morgan fingerprint density at radius 3 is 2.65 bits per heavy atom. The van der Waals surface area contributed by atoms with Crippen LogP contribution in [-0.2, 0) is 0 Å². The van der Waals surface area contributed by atoms with Crippen LogP contribution in [0.5, 0.6) is 0 Å². The Balaban J connectivity index is 2.43. The Bertz CT molecular complexity index is 522. The van der Waals surface area contributed by atoms with Gasteiger partial charge in [0.2, 0.25) is 0 Å². The average molecular weight is 230 g/mol. The van der Waals surface area contributed by atoms with Gasteiger partial charge in [-0.3, -0.25) is 4.98 Å². The molecule has 0 unspecified atom stereocenters. The standard InChI is InChI=1S/C14H18N2O/c1-14(2,9-17)13(15)12-8-7-10-5-3-4-6-11(10)16-12/h3-8,13,17H,9,15H2,1-2H3/t13-/m1/s1. The zero-order valence-corrected chi connectivity index (χ0v) is 10.2. The Labute approximate surface area is 101 Å². The van der Waals surface area contributed by atoms with Crippen molar-refractivity contribution < 1.29 is 5.11 Å². The number of aromatic nitrogens is 1. The summed E-state index contributed by atoms with van der Waals surface area (Å²) in [6.07, 6.45) is 0. The van der Waals surface area contributed by atoms with Crippen LogP contribution >= 0.6 is 0 Å². The van der Waals surface area contributed by atoms with E-state index in [-0.39, 0.29) is 18.1 Å². The minimum absolute atomic E-state index is 0.0443. The van der Waals surface area contributed by atoms with Crippen LogP contribution in [0.1, 0.15) is 25.6 Å². The number of hydrogen-bond acceptors (Lipinski definition) is 3. The topological polar surface area (TPSA) is 59.1 Å². The van der Waals surface area contributed by atoms with E-state index >= 15 is 0 Å². The number of hydrogen-bond donors (Lipinski definition) is 2. The van der Waals surface area contributed by atoms with Gasteiger partial charge in [0, 0.05) is 10.8 Å². The Hall–Kier alpha value is -1.45. The number of benzene rings is 1. The van der Waals surface area contributed by atoms with Crippen molar-refractivity contribution in [2.75, 3.05) is 6.61 Å². The highest BCUT2D eigenvalue weighted by atomic mass is 16.3. The summed E-state index contributed by atoms with van der Waals surface area (Å²) in [7, 11) is 0. The molecule has 0 fully saturated rings. The van der Waals surface area contributed by atoms with Gasteiger partial charge in [0.15, 0.2) is 0 Å². The van der Waals surface area contributed by atoms with Crippen LogP contribution in [0.2, 0.25) is 0 Å². The Kier molecular flexibility index (Phi) is 3.13. The zero-order chi connectivity index (χ0) is 12.5. The van der Waals surface area contributed by atoms with Crippen molar-refractivity contribution in [3.8, 4) is 0 Å². The summed E-state index contributed by atoms with van der Waals surface area (Å²) in [5.74, 6) is 0. The summed E-state index contributed by atoms with van der Waals surface area (Å²) in [5.41, 5.74) is 7.55. The van der Waals surface area contributed by atoms with Crippen LogP contribution in [0.25, 0.3) is 10.9 Å². The second kappa shape index (κ2) is 4.43. The maximum absolute atomic E-state index is 9.33. The third-order valence-electron chi connectivity index (χ3n) is 3.19. The molecule has 0 aliphatic rings. The fourth-order valence-electron chi connectivity index (χ4n) is 1.75. The molecule has 2 aromatic rings. The van der Waals surface area contributed by atoms with Crippen LogP contribution in [0.3, 0.4) is 0 Å². The van der Waals surface area contributed by atoms with Gasteiger partial charge in [-0.25, -0.2) is 0 Å². The van der Waals surface area contributed by atoms with Crippen molar-refractivity contribution >= 4 is 10.9 Å². The van der Waals surface area contributed by atoms with E-state index in [0.717, 1.165) is 16.6 Å². The molecule has 3 N–H and O–H groups in total. The van der Waals surface area contributed by atoms with Gasteiger partial charge >= 0.3 is 0 Å². The van der Waals surface area contributed by atoms with Crippen LogP contribution in [0.4, 0.5) is 0 Å². The number of pyridine rings is 1. The first-order valence-electron chi connectivity index (χ1n) is 5.77. The van der Waals surface area contributed by atoms with Crippen molar-refractivity contribution in [1.29, 1.82) is 0 Å². The van der Waals surface area contributed by atoms with E-state index in [1.807, 2.05) is 50.2 Å². The second-order valence-corrected chi connectivity index (χ2v) is 5.05. The molecule has 3 heteroatoms. The predicted octanol–water partition coefficient (Wildman–Crippen LogP) is 2.25. The van der Waals surface area contributed by atoms with E-state index in [1.165, 1.54) is 0 Å². The summed E-state index contributed by atoms with van der Waals surface area (Å²) >= 11 is 0. The monoisotopic (exact) mass is 230 g/mol. The van der Waals surface area contributed by atoms with Crippen LogP contribution in [0, 0.1) is 5.41 Å². The summed E-state index contributed by atoms with van der Waals surface area (Å²) < 4.78 is 0. The van der Waals surface area contributed by atoms with Gasteiger partial charge in [-0.2, -0.15) is 0 Å². The fourth-order valence-corrected chi connectivity index (χ4v) is 1.75. The van der Waals surface area contributed by atoms with Gasteiger partial charge in [-0.15, -0.1) is 0 Å². The molecular formula is C14H18N2O. The van der Waals surface area contributed by atoms with Gasteiger partial charge in [0.1, 0.15) is 0 Å². The number of aliphatic hydroxyl groups is 1. The molecule has 90 valence electrons. The SMILES string of the molecule is CC(C)(CO)[C@H](N)c1ccc2ccccc2n1. The summed E-state index contributed by atoms with van der Waals surface area (Å²) in [6, 6.07) is 11.6. The Morgan fingerprint density at radius 1 is 1.24 bits per heavy atom. The highest BCUT2D eigenvalue weighted by molar-refractivity contribution is 5.78. The van der Waals surface area contributed by atoms with Crippen LogP contribution in [0.15, 0.2) is 36.4 Å². The fraction of sp³-hybridized carbons (Fsp3) is 0.357. The quantitative estimate of drug-likeness (QED) is 0.850. The molecule has 1 heterocycles. The van der Waals surface area contributed by atoms with E-state index < -0.39 is 0 Å². The molecule has 2 rings (SSSR count). The number of nitrogens with two attached hydrogens (primary N) is 1. The predicted molar refractivity (Wildman–Crippen MR) is 69.5 cm³/mol. The molecule has 1 atom stereocenters. The number of para-hydroxylation sites is 1. The largest absolute Gasteiger partial charge is 0.396 e. The minimum atomic E-state index is -0.366. The maximum Gasteiger partial charge on any atom is 0.0706 e. The van der Waals surface area contributed by atoms with Crippen molar-refractivity contribution in [2.24, 2.45) is 11.1 Å². The first kappa shape index (κ1) is 12.0. The van der Waals surface area contributed by atoms with Gasteiger partial charge in [-0.05, 0) is 12.1 Å². The lowest BCUT2D eigenvalue weighted by Crippen LogP contribution is -2.33. The van der Waals surface area contributed by atoms with E-state index in [2.05, 4.69) is 4.98 Å². The molecule has 0 aliphatic heterocycles. The first-order valence-corrected chi connectivity index (χ1v) is 5.77. The lowest BCUT2D eigenvalue weighted by atomic mass is 9.84. The van der Waals surface area contributed by atoms with Gasteiger partial charge in [0.25, 0.3) is 0 Å². The van der Waals surface area contributed by atoms with Crippen molar-refractivity contribution in [1.82, 2.24) is 4.98 Å². The van der Waals surface area contributed by atoms with Crippen molar-refractivity contribution in [2.45, 2.75) is 19.9 Å². The second-order valence-electron chi connectivity index (χ2n) is 5.05. The molecule has 0 aliphatic carbocycles. The molecular weight excluding hydrogens is 212 g/mol. The van der Waals surface area contributed by atoms with E-state index in [9.17, 15) is 5.11 Å². The minimum Gasteiger partial charge on any atom is -0.396 e. The van der Waals surface area contributed by atoms with Crippen molar-refractivity contribution in [3.63, 3.8) is 0 Å². The lowest BCUT2D eigenvalue weighted by molar-refractivity contribution is 0.131. The molecule has 1 aromatic heterocycles. The molecule has 0 bridgehead atoms. The van der Waals surface area contributed by atoms with Crippen molar-refractivity contribution in [3.05, 3.63) is 42.1 Å². The molecule has 17 heavy (non-hydrogen) atoms. The lowest BCUT2D eigenvalue weighted by Gasteiger charge is -2.29. The molecule has 0 amide bonds. The highest BCUT2D eigenvalue weighted by Crippen LogP contribution is 2.30. The van der Waals surface area contributed by atoms with Crippen LogP contribution < -0.4 is 5.73 Å². The number of rotatable bonds is 3. The number of nitrogens with zero attached hydrogens (tertiary/aromatic N) is 1. The summed E-state index contributed by atoms with van der Waals surface area (Å²) in [4.78, 5) is 4.55. The molecule has 1 aromatic carbocycles. The number of fused-ring (bicyclic) bond motifs is 1. The normalized spacial score (nSPS) is 13.9. The first-order chi connectivity index (χ1) is 8.04. The molecule has 0 saturated carbocycles. The molecule has 0 radical (unpaired) electrons. The highest BCUT2D eigenvalue weighted by Gasteiger charge is 2.27. The van der Waals surface area contributed by atoms with Gasteiger partial charge < -0.3 is 10.8 Å². The summed E-state index contributed by atoms with van der Waals surface area (Å²) in [5, 5.41) is 10.4. The van der Waals surface area contributed by atoms with Crippen LogP contribution in [-0.4, -0.2) is 16.7 Å². The molecule has 0 saturated heterocycles. The van der Waals surface area contributed by atoms with E-state index in [1.54, 1.807) is 0 Å². The maximum atomic E-state index is 9.33. The smallest absolute Gasteiger partial charge is 0.0706 e. The Morgan fingerprint density at radius 2 is 1.94 bits per heavy atom. The number of aliphatic hydroxyl groups excluding tert-OH is 1. The molecule has 3 nitrogen and oxygen atoms in total. The summed E-state index contributed by atoms with van der Waals surface area (Å²) in [6.45, 7) is 3.92. The van der Waals surface area contributed by atoms with E-state index in [0.29, 0.717) is 0 Å². The van der Waals surface area contributed by atoms with Gasteiger partial charge in [0.05, 0.1) is 23.9 Å².